The molecule has 2 nitrogen and oxygen atoms in total. The van der Waals surface area contributed by atoms with Crippen LogP contribution in [-0.2, 0) is 9.73 Å². The summed E-state index contributed by atoms with van der Waals surface area (Å²) in [4.78, 5) is 0. The fraction of sp³-hybridized carbons (Fsp3) is 1.00. The maximum Gasteiger partial charge on any atom is 0.0485 e. The topological polar surface area (TPSA) is 29.4 Å². The highest BCUT2D eigenvalue weighted by atomic mass is 32.2. The van der Waals surface area contributed by atoms with Crippen LogP contribution in [0.2, 0.25) is 0 Å². The van der Waals surface area contributed by atoms with Crippen molar-refractivity contribution in [2.24, 2.45) is 4.36 Å². The molecule has 0 aliphatic heterocycles. The molecule has 0 aromatic rings. The SMILES string of the molecule is CN=S(C)(=O)C(C)(C)C. The van der Waals surface area contributed by atoms with Gasteiger partial charge in [-0.3, -0.25) is 0 Å². The summed E-state index contributed by atoms with van der Waals surface area (Å²) < 4.78 is 15.0. The lowest BCUT2D eigenvalue weighted by Crippen LogP contribution is -2.25. The molecule has 0 aromatic heterocycles. The van der Waals surface area contributed by atoms with Crippen molar-refractivity contribution in [3.63, 3.8) is 0 Å². The van der Waals surface area contributed by atoms with E-state index >= 15 is 0 Å². The lowest BCUT2D eigenvalue weighted by atomic mass is 10.3. The molecule has 1 atom stereocenters. The Bertz CT molecular complexity index is 194. The first-order valence-corrected chi connectivity index (χ1v) is 4.83. The zero-order chi connectivity index (χ0) is 7.71. The van der Waals surface area contributed by atoms with Crippen LogP contribution in [0.4, 0.5) is 0 Å². The first-order chi connectivity index (χ1) is 3.81. The third-order valence-corrected chi connectivity index (χ3v) is 4.45. The average molecular weight is 149 g/mol. The first-order valence-electron chi connectivity index (χ1n) is 2.91. The Hall–Kier alpha value is -0.0500. The fourth-order valence-corrected chi connectivity index (χ4v) is 0.822. The summed E-state index contributed by atoms with van der Waals surface area (Å²) in [6, 6.07) is 0. The predicted octanol–water partition coefficient (Wildman–Crippen LogP) is 1.51. The first kappa shape index (κ1) is 8.95. The van der Waals surface area contributed by atoms with Crippen LogP contribution in [0.15, 0.2) is 4.36 Å². The molecule has 0 rings (SSSR count). The highest BCUT2D eigenvalue weighted by Crippen LogP contribution is 2.14. The molecule has 0 aliphatic carbocycles. The van der Waals surface area contributed by atoms with Gasteiger partial charge in [-0.25, -0.2) is 8.57 Å². The molecule has 0 fully saturated rings. The van der Waals surface area contributed by atoms with E-state index in [1.165, 1.54) is 0 Å². The summed E-state index contributed by atoms with van der Waals surface area (Å²) in [7, 11) is -0.356. The maximum absolute atomic E-state index is 11.4. The highest BCUT2D eigenvalue weighted by Gasteiger charge is 2.20. The Morgan fingerprint density at radius 2 is 1.67 bits per heavy atom. The molecule has 0 aliphatic rings. The number of nitrogens with zero attached hydrogens (tertiary/aromatic N) is 1. The molecule has 1 unspecified atom stereocenters. The van der Waals surface area contributed by atoms with Gasteiger partial charge in [0.1, 0.15) is 0 Å². The van der Waals surface area contributed by atoms with Gasteiger partial charge in [0.25, 0.3) is 0 Å². The molecule has 0 saturated heterocycles. The monoisotopic (exact) mass is 149 g/mol. The quantitative estimate of drug-likeness (QED) is 0.513. The van der Waals surface area contributed by atoms with Gasteiger partial charge in [0.2, 0.25) is 0 Å². The Kier molecular flexibility index (Phi) is 2.28. The van der Waals surface area contributed by atoms with E-state index in [1.54, 1.807) is 13.3 Å². The van der Waals surface area contributed by atoms with Gasteiger partial charge >= 0.3 is 0 Å². The van der Waals surface area contributed by atoms with Crippen LogP contribution in [0.1, 0.15) is 20.8 Å². The van der Waals surface area contributed by atoms with Crippen molar-refractivity contribution >= 4 is 9.73 Å². The second-order valence-corrected chi connectivity index (χ2v) is 6.29. The van der Waals surface area contributed by atoms with E-state index < -0.39 is 9.73 Å². The van der Waals surface area contributed by atoms with Crippen molar-refractivity contribution in [3.8, 4) is 0 Å². The van der Waals surface area contributed by atoms with Crippen molar-refractivity contribution in [1.82, 2.24) is 0 Å². The van der Waals surface area contributed by atoms with E-state index in [4.69, 9.17) is 0 Å². The lowest BCUT2D eigenvalue weighted by molar-refractivity contribution is 0.644. The van der Waals surface area contributed by atoms with Crippen LogP contribution in [0.25, 0.3) is 0 Å². The average Bonchev–Trinajstić information content (AvgIpc) is 1.64. The molecule has 0 N–H and O–H groups in total. The van der Waals surface area contributed by atoms with Crippen molar-refractivity contribution in [3.05, 3.63) is 0 Å². The third-order valence-electron chi connectivity index (χ3n) is 1.48. The number of hydrogen-bond donors (Lipinski definition) is 0. The van der Waals surface area contributed by atoms with Gasteiger partial charge in [-0.15, -0.1) is 0 Å². The van der Waals surface area contributed by atoms with Gasteiger partial charge in [-0.05, 0) is 20.8 Å². The molecule has 0 amide bonds. The Labute approximate surface area is 57.8 Å². The minimum atomic E-state index is -1.96. The molecular weight excluding hydrogens is 134 g/mol. The van der Waals surface area contributed by atoms with E-state index in [9.17, 15) is 4.21 Å². The van der Waals surface area contributed by atoms with E-state index in [0.717, 1.165) is 0 Å². The van der Waals surface area contributed by atoms with Crippen LogP contribution < -0.4 is 0 Å². The Balaban J connectivity index is 4.80. The Morgan fingerprint density at radius 1 is 1.33 bits per heavy atom. The second-order valence-electron chi connectivity index (χ2n) is 3.10. The van der Waals surface area contributed by atoms with Gasteiger partial charge in [0, 0.05) is 27.8 Å². The van der Waals surface area contributed by atoms with Crippen LogP contribution in [0, 0.1) is 0 Å². The van der Waals surface area contributed by atoms with E-state index in [-0.39, 0.29) is 4.75 Å². The van der Waals surface area contributed by atoms with Crippen molar-refractivity contribution in [1.29, 1.82) is 0 Å². The highest BCUT2D eigenvalue weighted by molar-refractivity contribution is 7.94. The molecular formula is C6H15NOS. The summed E-state index contributed by atoms with van der Waals surface area (Å²) >= 11 is 0. The minimum Gasteiger partial charge on any atom is -0.250 e. The van der Waals surface area contributed by atoms with Crippen molar-refractivity contribution in [2.45, 2.75) is 25.5 Å². The van der Waals surface area contributed by atoms with Crippen LogP contribution >= 0.6 is 0 Å². The Morgan fingerprint density at radius 3 is 1.67 bits per heavy atom. The maximum atomic E-state index is 11.4. The zero-order valence-electron chi connectivity index (χ0n) is 6.76. The van der Waals surface area contributed by atoms with Gasteiger partial charge in [-0.2, -0.15) is 0 Å². The van der Waals surface area contributed by atoms with Crippen LogP contribution in [-0.4, -0.2) is 22.3 Å². The predicted molar refractivity (Wildman–Crippen MR) is 42.2 cm³/mol. The van der Waals surface area contributed by atoms with Crippen molar-refractivity contribution < 1.29 is 4.21 Å². The lowest BCUT2D eigenvalue weighted by Gasteiger charge is -2.19. The standard InChI is InChI=1S/C6H15NOS/c1-6(2,3)9(5,8)7-4/h1-5H3. The summed E-state index contributed by atoms with van der Waals surface area (Å²) in [6.45, 7) is 5.80. The molecule has 0 saturated carbocycles. The fourth-order valence-electron chi connectivity index (χ4n) is 0.274. The molecule has 56 valence electrons. The minimum absolute atomic E-state index is 0.193. The normalized spacial score (nSPS) is 18.8. The zero-order valence-corrected chi connectivity index (χ0v) is 7.58. The molecule has 3 heteroatoms. The molecule has 0 bridgehead atoms. The number of rotatable bonds is 0. The smallest absolute Gasteiger partial charge is 0.0485 e. The van der Waals surface area contributed by atoms with Crippen molar-refractivity contribution in [2.75, 3.05) is 13.3 Å². The van der Waals surface area contributed by atoms with Crippen LogP contribution in [0.5, 0.6) is 0 Å². The summed E-state index contributed by atoms with van der Waals surface area (Å²) in [5, 5.41) is 0. The van der Waals surface area contributed by atoms with Gasteiger partial charge in [0.15, 0.2) is 0 Å². The molecule has 0 heterocycles. The van der Waals surface area contributed by atoms with E-state index in [2.05, 4.69) is 4.36 Å². The second kappa shape index (κ2) is 2.29. The van der Waals surface area contributed by atoms with Gasteiger partial charge < -0.3 is 0 Å². The van der Waals surface area contributed by atoms with E-state index in [1.807, 2.05) is 20.8 Å². The molecule has 0 radical (unpaired) electrons. The third kappa shape index (κ3) is 1.97. The summed E-state index contributed by atoms with van der Waals surface area (Å²) in [6.07, 6.45) is 1.69. The van der Waals surface area contributed by atoms with Gasteiger partial charge in [0.05, 0.1) is 0 Å². The van der Waals surface area contributed by atoms with Crippen LogP contribution in [0.3, 0.4) is 0 Å². The van der Waals surface area contributed by atoms with Gasteiger partial charge in [-0.1, -0.05) is 0 Å². The molecule has 0 aromatic carbocycles. The molecule has 9 heavy (non-hydrogen) atoms. The largest absolute Gasteiger partial charge is 0.250 e. The summed E-state index contributed by atoms with van der Waals surface area (Å²) in [5.41, 5.74) is 0. The molecule has 0 spiro atoms. The van der Waals surface area contributed by atoms with E-state index in [0.29, 0.717) is 0 Å². The summed E-state index contributed by atoms with van der Waals surface area (Å²) in [5.74, 6) is 0. The number of hydrogen-bond acceptors (Lipinski definition) is 2.